The maximum absolute atomic E-state index is 4.60. The van der Waals surface area contributed by atoms with Crippen molar-refractivity contribution >= 4 is 0 Å². The van der Waals surface area contributed by atoms with Gasteiger partial charge in [-0.1, -0.05) is 44.2 Å². The van der Waals surface area contributed by atoms with Gasteiger partial charge in [0.15, 0.2) is 0 Å². The quantitative estimate of drug-likeness (QED) is 0.888. The molecule has 2 nitrogen and oxygen atoms in total. The van der Waals surface area contributed by atoms with Crippen LogP contribution in [0, 0.1) is 13.8 Å². The standard InChI is InChI=1S/C18H24N2/c1-5-15-8-7-9-16(12-15)18(19-6-2)17-11-10-13(3)20-14(17)4/h7-12,18-19H,5-6H2,1-4H3. The molecule has 0 aliphatic carbocycles. The Kier molecular flexibility index (Phi) is 4.91. The van der Waals surface area contributed by atoms with Gasteiger partial charge in [0.2, 0.25) is 0 Å². The fourth-order valence-corrected chi connectivity index (χ4v) is 2.61. The third-order valence-electron chi connectivity index (χ3n) is 3.68. The second-order valence-electron chi connectivity index (χ2n) is 5.22. The molecule has 0 saturated heterocycles. The van der Waals surface area contributed by atoms with E-state index in [0.717, 1.165) is 24.4 Å². The first kappa shape index (κ1) is 14.7. The van der Waals surface area contributed by atoms with Gasteiger partial charge in [-0.3, -0.25) is 4.98 Å². The number of rotatable bonds is 5. The van der Waals surface area contributed by atoms with Crippen LogP contribution in [0.25, 0.3) is 0 Å². The predicted molar refractivity (Wildman–Crippen MR) is 85.1 cm³/mol. The number of hydrogen-bond acceptors (Lipinski definition) is 2. The molecule has 0 saturated carbocycles. The van der Waals surface area contributed by atoms with E-state index in [2.05, 4.69) is 67.5 Å². The molecule has 1 atom stereocenters. The molecule has 0 radical (unpaired) electrons. The zero-order valence-electron chi connectivity index (χ0n) is 12.9. The summed E-state index contributed by atoms with van der Waals surface area (Å²) in [4.78, 5) is 4.60. The molecule has 0 spiro atoms. The van der Waals surface area contributed by atoms with Crippen LogP contribution in [0.4, 0.5) is 0 Å². The van der Waals surface area contributed by atoms with Gasteiger partial charge in [-0.25, -0.2) is 0 Å². The molecule has 1 aromatic heterocycles. The Balaban J connectivity index is 2.44. The van der Waals surface area contributed by atoms with Gasteiger partial charge >= 0.3 is 0 Å². The Bertz CT molecular complexity index is 575. The highest BCUT2D eigenvalue weighted by Gasteiger charge is 2.16. The lowest BCUT2D eigenvalue weighted by atomic mass is 9.95. The minimum atomic E-state index is 0.222. The first-order valence-corrected chi connectivity index (χ1v) is 7.42. The smallest absolute Gasteiger partial charge is 0.0594 e. The summed E-state index contributed by atoms with van der Waals surface area (Å²) in [5.74, 6) is 0. The average molecular weight is 268 g/mol. The Labute approximate surface area is 122 Å². The summed E-state index contributed by atoms with van der Waals surface area (Å²) in [6, 6.07) is 13.3. The Morgan fingerprint density at radius 1 is 1.10 bits per heavy atom. The second kappa shape index (κ2) is 6.67. The Morgan fingerprint density at radius 3 is 2.55 bits per heavy atom. The van der Waals surface area contributed by atoms with Crippen molar-refractivity contribution in [2.24, 2.45) is 0 Å². The lowest BCUT2D eigenvalue weighted by Gasteiger charge is -2.21. The largest absolute Gasteiger partial charge is 0.306 e. The maximum Gasteiger partial charge on any atom is 0.0594 e. The summed E-state index contributed by atoms with van der Waals surface area (Å²) in [6.45, 7) is 9.41. The fourth-order valence-electron chi connectivity index (χ4n) is 2.61. The van der Waals surface area contributed by atoms with Crippen LogP contribution in [-0.2, 0) is 6.42 Å². The summed E-state index contributed by atoms with van der Waals surface area (Å²) in [6.07, 6.45) is 1.07. The molecule has 0 aliphatic heterocycles. The molecule has 1 heterocycles. The molecule has 106 valence electrons. The highest BCUT2D eigenvalue weighted by molar-refractivity contribution is 5.36. The van der Waals surface area contributed by atoms with E-state index in [1.54, 1.807) is 0 Å². The fraction of sp³-hybridized carbons (Fsp3) is 0.389. The zero-order valence-corrected chi connectivity index (χ0v) is 12.9. The van der Waals surface area contributed by atoms with E-state index in [9.17, 15) is 0 Å². The molecule has 1 aromatic carbocycles. The SMILES string of the molecule is CCNC(c1cccc(CC)c1)c1ccc(C)nc1C. The van der Waals surface area contributed by atoms with E-state index in [4.69, 9.17) is 0 Å². The Morgan fingerprint density at radius 2 is 1.90 bits per heavy atom. The van der Waals surface area contributed by atoms with E-state index in [1.165, 1.54) is 16.7 Å². The zero-order chi connectivity index (χ0) is 14.5. The summed E-state index contributed by atoms with van der Waals surface area (Å²) in [5, 5.41) is 3.59. The first-order chi connectivity index (χ1) is 9.65. The molecular formula is C18H24N2. The highest BCUT2D eigenvalue weighted by Crippen LogP contribution is 2.25. The highest BCUT2D eigenvalue weighted by atomic mass is 14.9. The molecule has 2 aromatic rings. The number of hydrogen-bond donors (Lipinski definition) is 1. The number of nitrogens with zero attached hydrogens (tertiary/aromatic N) is 1. The third kappa shape index (κ3) is 3.26. The van der Waals surface area contributed by atoms with Crippen LogP contribution in [-0.4, -0.2) is 11.5 Å². The topological polar surface area (TPSA) is 24.9 Å². The van der Waals surface area contributed by atoms with Crippen molar-refractivity contribution in [1.29, 1.82) is 0 Å². The van der Waals surface area contributed by atoms with Crippen LogP contribution in [0.3, 0.4) is 0 Å². The van der Waals surface area contributed by atoms with Crippen molar-refractivity contribution in [3.63, 3.8) is 0 Å². The number of aryl methyl sites for hydroxylation is 3. The van der Waals surface area contributed by atoms with Gasteiger partial charge in [0.05, 0.1) is 6.04 Å². The molecule has 1 unspecified atom stereocenters. The van der Waals surface area contributed by atoms with Crippen LogP contribution in [0.2, 0.25) is 0 Å². The molecule has 0 aliphatic rings. The predicted octanol–water partition coefficient (Wildman–Crippen LogP) is 3.96. The molecular weight excluding hydrogens is 244 g/mol. The molecule has 0 amide bonds. The van der Waals surface area contributed by atoms with Gasteiger partial charge in [-0.05, 0) is 49.6 Å². The van der Waals surface area contributed by atoms with E-state index in [-0.39, 0.29) is 6.04 Å². The number of nitrogens with one attached hydrogen (secondary N) is 1. The van der Waals surface area contributed by atoms with Crippen molar-refractivity contribution in [1.82, 2.24) is 10.3 Å². The van der Waals surface area contributed by atoms with Crippen LogP contribution in [0.5, 0.6) is 0 Å². The van der Waals surface area contributed by atoms with E-state index in [0.29, 0.717) is 0 Å². The van der Waals surface area contributed by atoms with Gasteiger partial charge in [-0.2, -0.15) is 0 Å². The summed E-state index contributed by atoms with van der Waals surface area (Å²) < 4.78 is 0. The van der Waals surface area contributed by atoms with Gasteiger partial charge < -0.3 is 5.32 Å². The van der Waals surface area contributed by atoms with E-state index < -0.39 is 0 Å². The lowest BCUT2D eigenvalue weighted by Crippen LogP contribution is -2.23. The minimum absolute atomic E-state index is 0.222. The maximum atomic E-state index is 4.60. The van der Waals surface area contributed by atoms with Gasteiger partial charge in [0.25, 0.3) is 0 Å². The molecule has 0 fully saturated rings. The molecule has 0 bridgehead atoms. The average Bonchev–Trinajstić information content (AvgIpc) is 2.45. The normalized spacial score (nSPS) is 12.4. The van der Waals surface area contributed by atoms with Crippen LogP contribution in [0.15, 0.2) is 36.4 Å². The van der Waals surface area contributed by atoms with Crippen molar-refractivity contribution in [2.75, 3.05) is 6.54 Å². The van der Waals surface area contributed by atoms with Crippen LogP contribution >= 0.6 is 0 Å². The molecule has 1 N–H and O–H groups in total. The summed E-state index contributed by atoms with van der Waals surface area (Å²) in [5.41, 5.74) is 6.15. The molecule has 2 heteroatoms. The first-order valence-electron chi connectivity index (χ1n) is 7.42. The summed E-state index contributed by atoms with van der Waals surface area (Å²) >= 11 is 0. The summed E-state index contributed by atoms with van der Waals surface area (Å²) in [7, 11) is 0. The number of aromatic nitrogens is 1. The van der Waals surface area contributed by atoms with Crippen LogP contribution < -0.4 is 5.32 Å². The second-order valence-corrected chi connectivity index (χ2v) is 5.22. The lowest BCUT2D eigenvalue weighted by molar-refractivity contribution is 0.623. The van der Waals surface area contributed by atoms with Crippen LogP contribution in [0.1, 0.15) is 48.0 Å². The van der Waals surface area contributed by atoms with E-state index >= 15 is 0 Å². The monoisotopic (exact) mass is 268 g/mol. The molecule has 2 rings (SSSR count). The molecule has 20 heavy (non-hydrogen) atoms. The van der Waals surface area contributed by atoms with Crippen molar-refractivity contribution in [3.05, 3.63) is 64.5 Å². The van der Waals surface area contributed by atoms with Gasteiger partial charge in [-0.15, -0.1) is 0 Å². The van der Waals surface area contributed by atoms with Crippen molar-refractivity contribution in [2.45, 2.75) is 40.2 Å². The number of benzene rings is 1. The Hall–Kier alpha value is -1.67. The van der Waals surface area contributed by atoms with Gasteiger partial charge in [0.1, 0.15) is 0 Å². The van der Waals surface area contributed by atoms with Gasteiger partial charge in [0, 0.05) is 11.4 Å². The van der Waals surface area contributed by atoms with Crippen molar-refractivity contribution < 1.29 is 0 Å². The number of pyridine rings is 1. The third-order valence-corrected chi connectivity index (χ3v) is 3.68. The van der Waals surface area contributed by atoms with E-state index in [1.807, 2.05) is 6.92 Å². The minimum Gasteiger partial charge on any atom is -0.306 e. The van der Waals surface area contributed by atoms with Crippen molar-refractivity contribution in [3.8, 4) is 0 Å².